The number of carboxylic acids is 1. The minimum atomic E-state index is -1.03. The average Bonchev–Trinajstić information content (AvgIpc) is 2.42. The van der Waals surface area contributed by atoms with Crippen molar-refractivity contribution in [3.63, 3.8) is 0 Å². The summed E-state index contributed by atoms with van der Waals surface area (Å²) < 4.78 is 6.09. The van der Waals surface area contributed by atoms with Crippen molar-refractivity contribution in [2.24, 2.45) is 0 Å². The lowest BCUT2D eigenvalue weighted by Crippen LogP contribution is -2.40. The van der Waals surface area contributed by atoms with E-state index in [1.54, 1.807) is 6.07 Å². The summed E-state index contributed by atoms with van der Waals surface area (Å²) in [6, 6.07) is 4.48. The first kappa shape index (κ1) is 15.0. The third kappa shape index (κ3) is 4.03. The number of ether oxygens (including phenoxy) is 1. The summed E-state index contributed by atoms with van der Waals surface area (Å²) in [5.74, 6) is -1.24. The van der Waals surface area contributed by atoms with Crippen LogP contribution in [0.3, 0.4) is 0 Å². The molecule has 1 unspecified atom stereocenters. The van der Waals surface area contributed by atoms with Crippen molar-refractivity contribution in [1.29, 1.82) is 0 Å². The number of hydrogen-bond acceptors (Lipinski definition) is 4. The number of benzene rings is 1. The van der Waals surface area contributed by atoms with Gasteiger partial charge in [-0.25, -0.2) is 4.79 Å². The normalized spacial score (nSPS) is 18.6. The van der Waals surface area contributed by atoms with Gasteiger partial charge in [-0.3, -0.25) is 4.79 Å². The Bertz CT molecular complexity index is 515. The zero-order valence-electron chi connectivity index (χ0n) is 10.7. The quantitative estimate of drug-likeness (QED) is 0.771. The van der Waals surface area contributed by atoms with Crippen LogP contribution in [-0.2, 0) is 9.53 Å². The van der Waals surface area contributed by atoms with E-state index in [-0.39, 0.29) is 24.0 Å². The maximum absolute atomic E-state index is 11.9. The Labute approximate surface area is 124 Å². The van der Waals surface area contributed by atoms with E-state index in [0.29, 0.717) is 23.3 Å². The molecular formula is C13H15BrN2O4. The molecule has 0 bridgehead atoms. The van der Waals surface area contributed by atoms with Gasteiger partial charge in [-0.05, 0) is 34.1 Å². The zero-order valence-corrected chi connectivity index (χ0v) is 12.3. The molecule has 1 fully saturated rings. The maximum atomic E-state index is 11.9. The number of amides is 1. The summed E-state index contributed by atoms with van der Waals surface area (Å²) >= 11 is 3.28. The number of morpholine rings is 1. The van der Waals surface area contributed by atoms with Crippen LogP contribution in [0.5, 0.6) is 0 Å². The molecule has 1 aliphatic heterocycles. The molecule has 1 heterocycles. The fraction of sp³-hybridized carbons (Fsp3) is 0.385. The first-order valence-electron chi connectivity index (χ1n) is 6.21. The van der Waals surface area contributed by atoms with E-state index in [2.05, 4.69) is 26.6 Å². The lowest BCUT2D eigenvalue weighted by molar-refractivity contribution is -0.119. The average molecular weight is 343 g/mol. The standard InChI is InChI=1S/C13H15BrN2O4/c14-10-2-1-8(13(18)19)5-11(10)16-12(17)6-9-7-15-3-4-20-9/h1-2,5,9,15H,3-4,6-7H2,(H,16,17)(H,18,19). The van der Waals surface area contributed by atoms with Gasteiger partial charge in [0.25, 0.3) is 0 Å². The number of aromatic carboxylic acids is 1. The van der Waals surface area contributed by atoms with E-state index in [4.69, 9.17) is 9.84 Å². The van der Waals surface area contributed by atoms with E-state index in [1.807, 2.05) is 0 Å². The van der Waals surface area contributed by atoms with Crippen LogP contribution in [0.1, 0.15) is 16.8 Å². The van der Waals surface area contributed by atoms with Gasteiger partial charge in [0.2, 0.25) is 5.91 Å². The van der Waals surface area contributed by atoms with Crippen molar-refractivity contribution >= 4 is 33.5 Å². The van der Waals surface area contributed by atoms with Gasteiger partial charge in [0, 0.05) is 17.6 Å². The summed E-state index contributed by atoms with van der Waals surface area (Å²) in [7, 11) is 0. The number of carbonyl (C=O) groups is 2. The molecule has 1 aromatic rings. The van der Waals surface area contributed by atoms with Crippen LogP contribution in [0.2, 0.25) is 0 Å². The molecule has 2 rings (SSSR count). The highest BCUT2D eigenvalue weighted by atomic mass is 79.9. The van der Waals surface area contributed by atoms with Crippen LogP contribution < -0.4 is 10.6 Å². The Hall–Kier alpha value is -1.44. The molecule has 6 nitrogen and oxygen atoms in total. The van der Waals surface area contributed by atoms with E-state index in [0.717, 1.165) is 6.54 Å². The molecule has 1 aliphatic rings. The number of nitrogens with one attached hydrogen (secondary N) is 2. The Balaban J connectivity index is 1.99. The zero-order chi connectivity index (χ0) is 14.5. The predicted molar refractivity (Wildman–Crippen MR) is 77.0 cm³/mol. The van der Waals surface area contributed by atoms with Gasteiger partial charge in [-0.15, -0.1) is 0 Å². The van der Waals surface area contributed by atoms with Crippen molar-refractivity contribution in [1.82, 2.24) is 5.32 Å². The minimum absolute atomic E-state index is 0.124. The van der Waals surface area contributed by atoms with Crippen molar-refractivity contribution in [3.05, 3.63) is 28.2 Å². The topological polar surface area (TPSA) is 87.7 Å². The number of anilines is 1. The van der Waals surface area contributed by atoms with Crippen LogP contribution in [0, 0.1) is 0 Å². The third-order valence-electron chi connectivity index (χ3n) is 2.90. The van der Waals surface area contributed by atoms with Crippen LogP contribution in [0.25, 0.3) is 0 Å². The molecule has 0 spiro atoms. The Kier molecular flexibility index (Phi) is 5.11. The summed E-state index contributed by atoms with van der Waals surface area (Å²) in [4.78, 5) is 22.8. The van der Waals surface area contributed by atoms with Crippen molar-refractivity contribution < 1.29 is 19.4 Å². The largest absolute Gasteiger partial charge is 0.478 e. The Morgan fingerprint density at radius 2 is 2.30 bits per heavy atom. The molecular weight excluding hydrogens is 328 g/mol. The lowest BCUT2D eigenvalue weighted by Gasteiger charge is -2.23. The van der Waals surface area contributed by atoms with E-state index >= 15 is 0 Å². The van der Waals surface area contributed by atoms with Crippen LogP contribution >= 0.6 is 15.9 Å². The highest BCUT2D eigenvalue weighted by molar-refractivity contribution is 9.10. The Morgan fingerprint density at radius 3 is 2.95 bits per heavy atom. The van der Waals surface area contributed by atoms with Crippen molar-refractivity contribution in [2.75, 3.05) is 25.0 Å². The van der Waals surface area contributed by atoms with Gasteiger partial charge in [-0.2, -0.15) is 0 Å². The van der Waals surface area contributed by atoms with Gasteiger partial charge in [0.15, 0.2) is 0 Å². The van der Waals surface area contributed by atoms with Crippen molar-refractivity contribution in [3.8, 4) is 0 Å². The minimum Gasteiger partial charge on any atom is -0.478 e. The van der Waals surface area contributed by atoms with E-state index in [9.17, 15) is 9.59 Å². The lowest BCUT2D eigenvalue weighted by atomic mass is 10.2. The van der Waals surface area contributed by atoms with Crippen LogP contribution in [0.4, 0.5) is 5.69 Å². The summed E-state index contributed by atoms with van der Waals surface area (Å²) in [6.45, 7) is 2.03. The first-order chi connectivity index (χ1) is 9.56. The number of rotatable bonds is 4. The van der Waals surface area contributed by atoms with Gasteiger partial charge < -0.3 is 20.5 Å². The van der Waals surface area contributed by atoms with Gasteiger partial charge in [0.05, 0.1) is 30.4 Å². The summed E-state index contributed by atoms with van der Waals surface area (Å²) in [5.41, 5.74) is 0.567. The molecule has 7 heteroatoms. The molecule has 1 aromatic carbocycles. The van der Waals surface area contributed by atoms with Gasteiger partial charge in [0.1, 0.15) is 0 Å². The first-order valence-corrected chi connectivity index (χ1v) is 7.00. The molecule has 3 N–H and O–H groups in total. The smallest absolute Gasteiger partial charge is 0.335 e. The highest BCUT2D eigenvalue weighted by Gasteiger charge is 2.18. The maximum Gasteiger partial charge on any atom is 0.335 e. The molecule has 0 aliphatic carbocycles. The fourth-order valence-electron chi connectivity index (χ4n) is 1.91. The fourth-order valence-corrected chi connectivity index (χ4v) is 2.26. The SMILES string of the molecule is O=C(CC1CNCCO1)Nc1cc(C(=O)O)ccc1Br. The Morgan fingerprint density at radius 1 is 1.50 bits per heavy atom. The number of carbonyl (C=O) groups excluding carboxylic acids is 1. The monoisotopic (exact) mass is 342 g/mol. The van der Waals surface area contributed by atoms with E-state index < -0.39 is 5.97 Å². The van der Waals surface area contributed by atoms with Gasteiger partial charge in [-0.1, -0.05) is 0 Å². The van der Waals surface area contributed by atoms with Crippen molar-refractivity contribution in [2.45, 2.75) is 12.5 Å². The molecule has 108 valence electrons. The van der Waals surface area contributed by atoms with E-state index in [1.165, 1.54) is 12.1 Å². The third-order valence-corrected chi connectivity index (χ3v) is 3.60. The molecule has 0 aromatic heterocycles. The second-order valence-electron chi connectivity index (χ2n) is 4.45. The molecule has 1 saturated heterocycles. The van der Waals surface area contributed by atoms with Gasteiger partial charge >= 0.3 is 5.97 Å². The van der Waals surface area contributed by atoms with Crippen LogP contribution in [-0.4, -0.2) is 42.8 Å². The molecule has 0 saturated carbocycles. The predicted octanol–water partition coefficient (Wildman–Crippen LogP) is 1.46. The molecule has 20 heavy (non-hydrogen) atoms. The second-order valence-corrected chi connectivity index (χ2v) is 5.30. The molecule has 0 radical (unpaired) electrons. The summed E-state index contributed by atoms with van der Waals surface area (Å²) in [5, 5.41) is 14.8. The number of carboxylic acid groups (broad SMARTS) is 1. The van der Waals surface area contributed by atoms with Crippen LogP contribution in [0.15, 0.2) is 22.7 Å². The highest BCUT2D eigenvalue weighted by Crippen LogP contribution is 2.24. The second kappa shape index (κ2) is 6.83. The molecule has 1 atom stereocenters. The number of halogens is 1. The number of hydrogen-bond donors (Lipinski definition) is 3. The summed E-state index contributed by atoms with van der Waals surface area (Å²) in [6.07, 6.45) is 0.0849. The molecule has 1 amide bonds.